The second-order valence-electron chi connectivity index (χ2n) is 14.7. The molecule has 1 fully saturated rings. The molecule has 7 atom stereocenters. The largest absolute Gasteiger partial charge is 0.455 e. The molecule has 0 spiro atoms. The first-order valence-electron chi connectivity index (χ1n) is 18.3. The summed E-state index contributed by atoms with van der Waals surface area (Å²) in [6.45, 7) is 12.3. The fourth-order valence-corrected chi connectivity index (χ4v) is 7.86. The lowest BCUT2D eigenvalue weighted by Crippen LogP contribution is -2.48. The maximum absolute atomic E-state index is 14.2. The average Bonchev–Trinajstić information content (AvgIpc) is 3.59. The molecule has 1 aromatic heterocycles. The van der Waals surface area contributed by atoms with E-state index in [9.17, 15) is 24.3 Å². The minimum Gasteiger partial charge on any atom is -0.455 e. The van der Waals surface area contributed by atoms with Gasteiger partial charge in [0.2, 0.25) is 5.91 Å². The third-order valence-corrected chi connectivity index (χ3v) is 11.2. The molecule has 2 aromatic rings. The normalized spacial score (nSPS) is 18.8. The van der Waals surface area contributed by atoms with Crippen LogP contribution in [0.1, 0.15) is 114 Å². The first-order valence-corrected chi connectivity index (χ1v) is 19.2. The number of nitrogens with zero attached hydrogens (tertiary/aromatic N) is 3. The summed E-state index contributed by atoms with van der Waals surface area (Å²) >= 11 is 1.25. The number of thiazole rings is 1. The van der Waals surface area contributed by atoms with Crippen LogP contribution >= 0.6 is 11.3 Å². The van der Waals surface area contributed by atoms with Crippen LogP contribution in [0.2, 0.25) is 0 Å². The number of esters is 1. The number of aromatic nitrogens is 1. The second kappa shape index (κ2) is 20.0. The van der Waals surface area contributed by atoms with E-state index in [-0.39, 0.29) is 72.2 Å². The highest BCUT2D eigenvalue weighted by Gasteiger charge is 2.37. The van der Waals surface area contributed by atoms with Gasteiger partial charge < -0.3 is 20.1 Å². The average molecular weight is 713 g/mol. The Balaban J connectivity index is 1.80. The fraction of sp³-hybridized carbons (Fsp3) is 0.667. The number of ether oxygens (including phenoxy) is 1. The summed E-state index contributed by atoms with van der Waals surface area (Å²) in [5, 5.41) is 14.9. The van der Waals surface area contributed by atoms with E-state index in [1.54, 1.807) is 17.3 Å². The molecule has 2 amide bonds. The Bertz CT molecular complexity index is 1380. The van der Waals surface area contributed by atoms with Crippen LogP contribution in [0.15, 0.2) is 35.7 Å². The second-order valence-corrected chi connectivity index (χ2v) is 15.6. The van der Waals surface area contributed by atoms with Crippen molar-refractivity contribution in [1.82, 2.24) is 20.1 Å². The van der Waals surface area contributed by atoms with Crippen LogP contribution in [0.4, 0.5) is 0 Å². The van der Waals surface area contributed by atoms with Gasteiger partial charge in [-0.25, -0.2) is 4.98 Å². The zero-order valence-corrected chi connectivity index (χ0v) is 32.2. The lowest BCUT2D eigenvalue weighted by atomic mass is 9.83. The van der Waals surface area contributed by atoms with Gasteiger partial charge in [0.25, 0.3) is 5.91 Å². The Hall–Kier alpha value is -3.15. The predicted octanol–water partition coefficient (Wildman–Crippen LogP) is 6.09. The van der Waals surface area contributed by atoms with Gasteiger partial charge in [-0.05, 0) is 62.6 Å². The summed E-state index contributed by atoms with van der Waals surface area (Å²) in [6.07, 6.45) is 4.65. The summed E-state index contributed by atoms with van der Waals surface area (Å²) in [6, 6.07) is 9.21. The number of hydrogen-bond donors (Lipinski definition) is 2. The number of carbonyl (C=O) groups is 4. The zero-order valence-electron chi connectivity index (χ0n) is 31.4. The summed E-state index contributed by atoms with van der Waals surface area (Å²) in [5.41, 5.74) is 1.31. The van der Waals surface area contributed by atoms with Gasteiger partial charge in [-0.2, -0.15) is 0 Å². The fourth-order valence-electron chi connectivity index (χ4n) is 7.02. The van der Waals surface area contributed by atoms with Crippen LogP contribution in [-0.4, -0.2) is 88.8 Å². The standard InChI is InChI=1S/C39H60N4O6S/c1-9-27(5)31(21-35(46)33-17-13-14-18-42(33)7)39(48)43(8)34(25(2)3)22-36(49-28(6)45)38-41-32(24-50-38)37(47)40-30(19-26(4)23-44)20-29-15-11-10-12-16-29/h10-12,15-16,24-27,30-31,33-34,36,44H,9,13-14,17-23H2,1-8H3,(H,40,47)/t26-,27-,30+,31?,33?,34+,36+/m0/s1. The maximum atomic E-state index is 14.2. The topological polar surface area (TPSA) is 129 Å². The molecule has 0 saturated carbocycles. The van der Waals surface area contributed by atoms with Crippen molar-refractivity contribution in [3.63, 3.8) is 0 Å². The Kier molecular flexibility index (Phi) is 16.5. The molecule has 0 aliphatic carbocycles. The molecule has 1 aliphatic rings. The van der Waals surface area contributed by atoms with Gasteiger partial charge in [0, 0.05) is 56.8 Å². The molecular weight excluding hydrogens is 653 g/mol. The van der Waals surface area contributed by atoms with E-state index in [0.29, 0.717) is 24.3 Å². The Morgan fingerprint density at radius 3 is 2.40 bits per heavy atom. The van der Waals surface area contributed by atoms with E-state index in [0.717, 1.165) is 37.8 Å². The predicted molar refractivity (Wildman–Crippen MR) is 198 cm³/mol. The molecule has 2 heterocycles. The number of likely N-dealkylation sites (tertiary alicyclic amines) is 1. The van der Waals surface area contributed by atoms with E-state index >= 15 is 0 Å². The molecule has 2 N–H and O–H groups in total. The van der Waals surface area contributed by atoms with E-state index in [4.69, 9.17) is 4.74 Å². The molecule has 1 aromatic carbocycles. The van der Waals surface area contributed by atoms with Gasteiger partial charge in [0.1, 0.15) is 10.7 Å². The van der Waals surface area contributed by atoms with Crippen molar-refractivity contribution in [3.05, 3.63) is 52.0 Å². The highest BCUT2D eigenvalue weighted by Crippen LogP contribution is 2.33. The van der Waals surface area contributed by atoms with Crippen LogP contribution in [0.25, 0.3) is 0 Å². The number of hydrogen-bond acceptors (Lipinski definition) is 9. The molecule has 0 bridgehead atoms. The van der Waals surface area contributed by atoms with Gasteiger partial charge in [-0.15, -0.1) is 11.3 Å². The molecule has 10 nitrogen and oxygen atoms in total. The molecule has 278 valence electrons. The third kappa shape index (κ3) is 12.0. The lowest BCUT2D eigenvalue weighted by molar-refractivity contribution is -0.149. The number of rotatable bonds is 19. The monoisotopic (exact) mass is 712 g/mol. The first-order chi connectivity index (χ1) is 23.7. The molecule has 1 saturated heterocycles. The number of amides is 2. The van der Waals surface area contributed by atoms with Crippen LogP contribution in [0.3, 0.4) is 0 Å². The van der Waals surface area contributed by atoms with Crippen LogP contribution in [0, 0.1) is 23.7 Å². The number of aliphatic hydroxyl groups is 1. The van der Waals surface area contributed by atoms with Gasteiger partial charge in [0.05, 0.1) is 6.04 Å². The van der Waals surface area contributed by atoms with E-state index in [2.05, 4.69) is 15.2 Å². The number of Topliss-reactive ketones (excluding diaryl/α,β-unsaturated/α-hetero) is 1. The van der Waals surface area contributed by atoms with Gasteiger partial charge in [0.15, 0.2) is 11.9 Å². The van der Waals surface area contributed by atoms with Crippen molar-refractivity contribution >= 4 is 34.9 Å². The summed E-state index contributed by atoms with van der Waals surface area (Å²) < 4.78 is 5.80. The van der Waals surface area contributed by atoms with Crippen molar-refractivity contribution in [2.24, 2.45) is 23.7 Å². The number of benzene rings is 1. The number of carbonyl (C=O) groups excluding carboxylic acids is 4. The SMILES string of the molecule is CC[C@H](C)C(CC(=O)C1CCCCN1C)C(=O)N(C)[C@H](C[C@@H](OC(C)=O)c1nc(C(=O)N[C@@H](Cc2ccccc2)C[C@H](C)CO)cs1)C(C)C. The highest BCUT2D eigenvalue weighted by atomic mass is 32.1. The Morgan fingerprint density at radius 2 is 1.80 bits per heavy atom. The Morgan fingerprint density at radius 1 is 1.10 bits per heavy atom. The van der Waals surface area contributed by atoms with E-state index in [1.807, 2.05) is 72.0 Å². The van der Waals surface area contributed by atoms with Crippen LogP contribution in [-0.2, 0) is 25.5 Å². The van der Waals surface area contributed by atoms with Crippen molar-refractivity contribution < 1.29 is 29.0 Å². The van der Waals surface area contributed by atoms with Crippen LogP contribution in [0.5, 0.6) is 0 Å². The molecular formula is C39H60N4O6S. The Labute approximate surface area is 303 Å². The highest BCUT2D eigenvalue weighted by molar-refractivity contribution is 7.09. The van der Waals surface area contributed by atoms with E-state index in [1.165, 1.54) is 18.3 Å². The third-order valence-electron chi connectivity index (χ3n) is 10.3. The molecule has 3 rings (SSSR count). The molecule has 1 aliphatic heterocycles. The number of likely N-dealkylation sites (N-methyl/N-ethyl adjacent to an activating group) is 1. The molecule has 50 heavy (non-hydrogen) atoms. The van der Waals surface area contributed by atoms with Crippen molar-refractivity contribution in [2.75, 3.05) is 27.2 Å². The van der Waals surface area contributed by atoms with Gasteiger partial charge in [-0.1, -0.05) is 77.8 Å². The summed E-state index contributed by atoms with van der Waals surface area (Å²) in [5.74, 6) is -1.18. The summed E-state index contributed by atoms with van der Waals surface area (Å²) in [4.78, 5) is 62.1. The lowest BCUT2D eigenvalue weighted by Gasteiger charge is -2.37. The van der Waals surface area contributed by atoms with Crippen molar-refractivity contribution in [1.29, 1.82) is 0 Å². The number of nitrogens with one attached hydrogen (secondary N) is 1. The van der Waals surface area contributed by atoms with E-state index < -0.39 is 18.0 Å². The minimum atomic E-state index is -0.768. The zero-order chi connectivity index (χ0) is 37.0. The molecule has 2 unspecified atom stereocenters. The first kappa shape index (κ1) is 41.3. The molecule has 0 radical (unpaired) electrons. The smallest absolute Gasteiger partial charge is 0.303 e. The maximum Gasteiger partial charge on any atom is 0.303 e. The quantitative estimate of drug-likeness (QED) is 0.168. The van der Waals surface area contributed by atoms with Crippen molar-refractivity contribution in [3.8, 4) is 0 Å². The van der Waals surface area contributed by atoms with Gasteiger partial charge in [-0.3, -0.25) is 24.1 Å². The molecule has 11 heteroatoms. The van der Waals surface area contributed by atoms with Crippen molar-refractivity contribution in [2.45, 2.75) is 117 Å². The number of piperidine rings is 1. The summed E-state index contributed by atoms with van der Waals surface area (Å²) in [7, 11) is 3.78. The number of aliphatic hydroxyl groups excluding tert-OH is 1. The minimum absolute atomic E-state index is 0.00245. The number of ketones is 1. The van der Waals surface area contributed by atoms with Gasteiger partial charge >= 0.3 is 5.97 Å². The van der Waals surface area contributed by atoms with Crippen LogP contribution < -0.4 is 5.32 Å².